The van der Waals surface area contributed by atoms with Crippen LogP contribution in [0.2, 0.25) is 0 Å². The van der Waals surface area contributed by atoms with E-state index in [0.717, 1.165) is 0 Å². The number of nitrogens with zero attached hydrogens (tertiary/aromatic N) is 1. The van der Waals surface area contributed by atoms with Crippen LogP contribution in [0.15, 0.2) is 15.8 Å². The highest BCUT2D eigenvalue weighted by Crippen LogP contribution is 2.57. The first-order chi connectivity index (χ1) is 9.67. The third-order valence-electron chi connectivity index (χ3n) is 3.05. The first-order valence-corrected chi connectivity index (χ1v) is 9.40. The summed E-state index contributed by atoms with van der Waals surface area (Å²) in [6.45, 7) is 1.26. The molecule has 3 unspecified atom stereocenters. The van der Waals surface area contributed by atoms with Gasteiger partial charge in [0.25, 0.3) is 5.56 Å². The number of H-pyrrole nitrogens is 1. The van der Waals surface area contributed by atoms with E-state index in [2.05, 4.69) is 4.98 Å². The topological polar surface area (TPSA) is 111 Å². The van der Waals surface area contributed by atoms with Crippen molar-refractivity contribution in [3.63, 3.8) is 0 Å². The summed E-state index contributed by atoms with van der Waals surface area (Å²) in [4.78, 5) is 25.2. The lowest BCUT2D eigenvalue weighted by Crippen LogP contribution is -2.33. The van der Waals surface area contributed by atoms with E-state index in [1.807, 2.05) is 0 Å². The lowest BCUT2D eigenvalue weighted by atomic mass is 10.2. The fourth-order valence-corrected chi connectivity index (χ4v) is 2.65. The summed E-state index contributed by atoms with van der Waals surface area (Å²) in [5.74, 6) is 0. The molecule has 1 fully saturated rings. The summed E-state index contributed by atoms with van der Waals surface area (Å²) in [5.41, 5.74) is -0.803. The molecule has 1 aliphatic rings. The van der Waals surface area contributed by atoms with Crippen LogP contribution in [0.4, 0.5) is 0 Å². The minimum absolute atomic E-state index is 0.105. The molecule has 8 nitrogen and oxygen atoms in total. The molecule has 21 heavy (non-hydrogen) atoms. The molecule has 2 rings (SSSR count). The van der Waals surface area contributed by atoms with Crippen LogP contribution < -0.4 is 11.2 Å². The van der Waals surface area contributed by atoms with E-state index in [1.54, 1.807) is 0 Å². The smallest absolute Gasteiger partial charge is 0.380 e. The van der Waals surface area contributed by atoms with Crippen molar-refractivity contribution in [3.05, 3.63) is 32.6 Å². The monoisotopic (exact) mass is 358 g/mol. The Labute approximate surface area is 128 Å². The second-order valence-corrected chi connectivity index (χ2v) is 8.90. The minimum Gasteiger partial charge on any atom is -0.390 e. The molecular formula is C10H13Cl2N2O6P. The maximum absolute atomic E-state index is 11.7. The second-order valence-electron chi connectivity index (χ2n) is 4.62. The van der Waals surface area contributed by atoms with Crippen LogP contribution in [0, 0.1) is 6.92 Å². The van der Waals surface area contributed by atoms with Gasteiger partial charge in [0.05, 0.1) is 12.7 Å². The van der Waals surface area contributed by atoms with E-state index in [4.69, 9.17) is 31.7 Å². The molecule has 2 N–H and O–H groups in total. The Morgan fingerprint density at radius 1 is 1.57 bits per heavy atom. The van der Waals surface area contributed by atoms with Gasteiger partial charge in [-0.05, 0) is 29.4 Å². The van der Waals surface area contributed by atoms with Crippen molar-refractivity contribution in [2.75, 3.05) is 6.61 Å². The molecule has 2 heterocycles. The molecule has 0 saturated carbocycles. The predicted molar refractivity (Wildman–Crippen MR) is 75.9 cm³/mol. The number of aryl methyl sites for hydroxylation is 1. The van der Waals surface area contributed by atoms with E-state index in [9.17, 15) is 19.3 Å². The third kappa shape index (κ3) is 4.18. The Kier molecular flexibility index (Phi) is 4.97. The maximum Gasteiger partial charge on any atom is 0.380 e. The van der Waals surface area contributed by atoms with Crippen molar-refractivity contribution in [2.24, 2.45) is 0 Å². The molecule has 0 aromatic carbocycles. The second kappa shape index (κ2) is 6.24. The van der Waals surface area contributed by atoms with E-state index < -0.39 is 35.8 Å². The van der Waals surface area contributed by atoms with E-state index in [0.29, 0.717) is 5.56 Å². The summed E-state index contributed by atoms with van der Waals surface area (Å²) in [6, 6.07) is 0. The van der Waals surface area contributed by atoms with Crippen molar-refractivity contribution in [3.8, 4) is 0 Å². The largest absolute Gasteiger partial charge is 0.390 e. The number of halogens is 2. The van der Waals surface area contributed by atoms with Crippen LogP contribution in [-0.2, 0) is 13.8 Å². The summed E-state index contributed by atoms with van der Waals surface area (Å²) in [7, 11) is 0. The summed E-state index contributed by atoms with van der Waals surface area (Å²) in [5, 5.41) is 9.86. The number of aliphatic hydroxyl groups is 1. The van der Waals surface area contributed by atoms with Gasteiger partial charge < -0.3 is 14.4 Å². The van der Waals surface area contributed by atoms with Gasteiger partial charge in [0, 0.05) is 18.2 Å². The van der Waals surface area contributed by atoms with Crippen LogP contribution in [0.25, 0.3) is 0 Å². The molecular weight excluding hydrogens is 346 g/mol. The lowest BCUT2D eigenvalue weighted by Gasteiger charge is -2.16. The van der Waals surface area contributed by atoms with Crippen LogP contribution in [0.1, 0.15) is 18.2 Å². The van der Waals surface area contributed by atoms with Gasteiger partial charge in [-0.25, -0.2) is 4.79 Å². The Hall–Kier alpha value is -0.630. The summed E-state index contributed by atoms with van der Waals surface area (Å²) < 4.78 is 22.4. The van der Waals surface area contributed by atoms with Gasteiger partial charge >= 0.3 is 11.8 Å². The standard InChI is InChI=1S/C10H13Cl2N2O6P/c1-5-3-14(10(17)13-9(5)16)8-2-6(15)7(20-8)4-19-21(11,12)18/h3,6-8,15H,2,4H2,1H3,(H,13,16,17). The molecule has 1 aromatic rings. The van der Waals surface area contributed by atoms with Gasteiger partial charge in [-0.3, -0.25) is 18.9 Å². The van der Waals surface area contributed by atoms with Gasteiger partial charge in [0.15, 0.2) is 0 Å². The molecule has 0 spiro atoms. The van der Waals surface area contributed by atoms with Gasteiger partial charge in [0.2, 0.25) is 0 Å². The minimum atomic E-state index is -3.72. The van der Waals surface area contributed by atoms with Crippen LogP contribution >= 0.6 is 28.6 Å². The molecule has 0 bridgehead atoms. The van der Waals surface area contributed by atoms with Gasteiger partial charge in [-0.2, -0.15) is 0 Å². The number of aromatic amines is 1. The Balaban J connectivity index is 2.14. The highest BCUT2D eigenvalue weighted by molar-refractivity contribution is 8.05. The van der Waals surface area contributed by atoms with Crippen molar-refractivity contribution in [1.29, 1.82) is 0 Å². The van der Waals surface area contributed by atoms with Crippen molar-refractivity contribution in [2.45, 2.75) is 31.8 Å². The highest BCUT2D eigenvalue weighted by atomic mass is 35.9. The SMILES string of the molecule is Cc1cn(C2CC(O)C(COP(=O)(Cl)Cl)O2)c(=O)[nH]c1=O. The van der Waals surface area contributed by atoms with Crippen molar-refractivity contribution >= 4 is 28.6 Å². The number of aliphatic hydroxyl groups excluding tert-OH is 1. The highest BCUT2D eigenvalue weighted by Gasteiger charge is 2.36. The van der Waals surface area contributed by atoms with Gasteiger partial charge in [-0.15, -0.1) is 0 Å². The molecule has 0 amide bonds. The summed E-state index contributed by atoms with van der Waals surface area (Å²) >= 11 is 10.5. The van der Waals surface area contributed by atoms with Crippen LogP contribution in [-0.4, -0.2) is 33.5 Å². The van der Waals surface area contributed by atoms with Crippen molar-refractivity contribution < 1.29 is 18.9 Å². The zero-order chi connectivity index (χ0) is 15.8. The molecule has 1 aliphatic heterocycles. The Bertz CT molecular complexity index is 683. The normalized spacial score (nSPS) is 26.2. The first-order valence-electron chi connectivity index (χ1n) is 5.97. The molecule has 1 aromatic heterocycles. The molecule has 118 valence electrons. The quantitative estimate of drug-likeness (QED) is 0.779. The number of rotatable bonds is 4. The number of nitrogens with one attached hydrogen (secondary N) is 1. The number of hydrogen-bond acceptors (Lipinski definition) is 6. The fourth-order valence-electron chi connectivity index (χ4n) is 2.00. The Morgan fingerprint density at radius 3 is 2.86 bits per heavy atom. The number of ether oxygens (including phenoxy) is 1. The maximum atomic E-state index is 11.7. The zero-order valence-electron chi connectivity index (χ0n) is 10.9. The average Bonchev–Trinajstić information content (AvgIpc) is 2.72. The number of hydrogen-bond donors (Lipinski definition) is 2. The zero-order valence-corrected chi connectivity index (χ0v) is 13.3. The molecule has 11 heteroatoms. The van der Waals surface area contributed by atoms with Gasteiger partial charge in [0.1, 0.15) is 12.3 Å². The third-order valence-corrected chi connectivity index (χ3v) is 4.08. The molecule has 0 radical (unpaired) electrons. The van der Waals surface area contributed by atoms with Crippen LogP contribution in [0.5, 0.6) is 0 Å². The van der Waals surface area contributed by atoms with E-state index >= 15 is 0 Å². The first kappa shape index (κ1) is 16.7. The average molecular weight is 359 g/mol. The molecule has 1 saturated heterocycles. The lowest BCUT2D eigenvalue weighted by molar-refractivity contribution is -0.0397. The number of aromatic nitrogens is 2. The van der Waals surface area contributed by atoms with E-state index in [1.165, 1.54) is 17.7 Å². The predicted octanol–water partition coefficient (Wildman–Crippen LogP) is 1.10. The fraction of sp³-hybridized carbons (Fsp3) is 0.600. The van der Waals surface area contributed by atoms with E-state index in [-0.39, 0.29) is 13.0 Å². The molecule has 3 atom stereocenters. The molecule has 0 aliphatic carbocycles. The van der Waals surface area contributed by atoms with Crippen LogP contribution in [0.3, 0.4) is 0 Å². The van der Waals surface area contributed by atoms with Crippen molar-refractivity contribution in [1.82, 2.24) is 9.55 Å². The van der Waals surface area contributed by atoms with Gasteiger partial charge in [-0.1, -0.05) is 0 Å². The Morgan fingerprint density at radius 2 is 2.24 bits per heavy atom. The summed E-state index contributed by atoms with van der Waals surface area (Å²) in [6.07, 6.45) is -4.83.